The van der Waals surface area contributed by atoms with E-state index >= 15 is 0 Å². The van der Waals surface area contributed by atoms with Gasteiger partial charge in [0.2, 0.25) is 0 Å². The van der Waals surface area contributed by atoms with Crippen molar-refractivity contribution in [3.63, 3.8) is 0 Å². The molecular formula is C12H10F3N3O. The number of rotatable bonds is 2. The van der Waals surface area contributed by atoms with E-state index in [1.165, 1.54) is 31.6 Å². The normalized spacial score (nSPS) is 11.4. The minimum Gasteiger partial charge on any atom is -0.467 e. The van der Waals surface area contributed by atoms with Gasteiger partial charge >= 0.3 is 12.2 Å². The van der Waals surface area contributed by atoms with Crippen LogP contribution in [0.4, 0.5) is 18.9 Å². The lowest BCUT2D eigenvalue weighted by Crippen LogP contribution is -2.08. The molecule has 0 bridgehead atoms. The summed E-state index contributed by atoms with van der Waals surface area (Å²) in [6.07, 6.45) is -1.55. The molecular weight excluding hydrogens is 259 g/mol. The predicted molar refractivity (Wildman–Crippen MR) is 63.4 cm³/mol. The van der Waals surface area contributed by atoms with E-state index < -0.39 is 11.7 Å². The molecule has 1 heterocycles. The van der Waals surface area contributed by atoms with Crippen molar-refractivity contribution in [1.29, 1.82) is 0 Å². The maximum absolute atomic E-state index is 12.6. The van der Waals surface area contributed by atoms with Crippen LogP contribution < -0.4 is 10.5 Å². The van der Waals surface area contributed by atoms with Gasteiger partial charge in [0, 0.05) is 23.6 Å². The van der Waals surface area contributed by atoms with Gasteiger partial charge in [0.1, 0.15) is 0 Å². The highest BCUT2D eigenvalue weighted by molar-refractivity contribution is 5.68. The van der Waals surface area contributed by atoms with Crippen LogP contribution in [0.25, 0.3) is 11.1 Å². The fourth-order valence-electron chi connectivity index (χ4n) is 1.57. The molecule has 0 fully saturated rings. The second kappa shape index (κ2) is 4.75. The van der Waals surface area contributed by atoms with Crippen molar-refractivity contribution in [3.8, 4) is 17.1 Å². The molecule has 0 saturated heterocycles. The van der Waals surface area contributed by atoms with Gasteiger partial charge in [-0.2, -0.15) is 13.2 Å². The van der Waals surface area contributed by atoms with Crippen LogP contribution >= 0.6 is 0 Å². The lowest BCUT2D eigenvalue weighted by atomic mass is 10.0. The van der Waals surface area contributed by atoms with Crippen LogP contribution in [0.3, 0.4) is 0 Å². The van der Waals surface area contributed by atoms with Crippen LogP contribution in [-0.2, 0) is 6.18 Å². The summed E-state index contributed by atoms with van der Waals surface area (Å²) in [5, 5.41) is 0. The molecule has 19 heavy (non-hydrogen) atoms. The number of ether oxygens (including phenoxy) is 1. The Bertz CT molecular complexity index is 582. The minimum atomic E-state index is -4.46. The van der Waals surface area contributed by atoms with Gasteiger partial charge in [0.05, 0.1) is 12.7 Å². The zero-order valence-electron chi connectivity index (χ0n) is 9.90. The van der Waals surface area contributed by atoms with Crippen LogP contribution in [0.2, 0.25) is 0 Å². The first-order valence-corrected chi connectivity index (χ1v) is 5.25. The molecule has 0 atom stereocenters. The van der Waals surface area contributed by atoms with E-state index in [9.17, 15) is 13.2 Å². The van der Waals surface area contributed by atoms with Gasteiger partial charge in [-0.05, 0) is 17.7 Å². The summed E-state index contributed by atoms with van der Waals surface area (Å²) in [5.41, 5.74) is 5.29. The lowest BCUT2D eigenvalue weighted by molar-refractivity contribution is -0.136. The molecule has 7 heteroatoms. The van der Waals surface area contributed by atoms with Crippen LogP contribution in [0, 0.1) is 0 Å². The molecule has 0 spiro atoms. The second-order valence-electron chi connectivity index (χ2n) is 3.76. The van der Waals surface area contributed by atoms with Crippen LogP contribution in [0.1, 0.15) is 5.56 Å². The number of aromatic nitrogens is 2. The summed E-state index contributed by atoms with van der Waals surface area (Å²) in [4.78, 5) is 7.76. The molecule has 2 N–H and O–H groups in total. The smallest absolute Gasteiger partial charge is 0.418 e. The second-order valence-corrected chi connectivity index (χ2v) is 3.76. The molecule has 0 unspecified atom stereocenters. The molecule has 1 aromatic carbocycles. The SMILES string of the molecule is COc1ncc(-c2ccc(C(F)(F)F)c(N)c2)cn1. The van der Waals surface area contributed by atoms with Gasteiger partial charge < -0.3 is 10.5 Å². The molecule has 0 aliphatic heterocycles. The first-order chi connectivity index (χ1) is 8.91. The van der Waals surface area contributed by atoms with E-state index in [0.717, 1.165) is 6.07 Å². The summed E-state index contributed by atoms with van der Waals surface area (Å²) in [6, 6.07) is 3.69. The van der Waals surface area contributed by atoms with Gasteiger partial charge in [-0.25, -0.2) is 9.97 Å². The number of methoxy groups -OCH3 is 1. The average Bonchev–Trinajstić information content (AvgIpc) is 2.37. The standard InChI is InChI=1S/C12H10F3N3O/c1-19-11-17-5-8(6-18-11)7-2-3-9(10(16)4-7)12(13,14)15/h2-6H,16H2,1H3. The van der Waals surface area contributed by atoms with Gasteiger partial charge in [-0.15, -0.1) is 0 Å². The minimum absolute atomic E-state index is 0.184. The lowest BCUT2D eigenvalue weighted by Gasteiger charge is -2.11. The zero-order chi connectivity index (χ0) is 14.0. The van der Waals surface area contributed by atoms with Gasteiger partial charge in [-0.1, -0.05) is 6.07 Å². The molecule has 0 amide bonds. The van der Waals surface area contributed by atoms with Crippen molar-refractivity contribution >= 4 is 5.69 Å². The van der Waals surface area contributed by atoms with Gasteiger partial charge in [0.15, 0.2) is 0 Å². The predicted octanol–water partition coefficient (Wildman–Crippen LogP) is 2.75. The Morgan fingerprint density at radius 2 is 1.74 bits per heavy atom. The molecule has 0 aliphatic rings. The third-order valence-electron chi connectivity index (χ3n) is 2.50. The first kappa shape index (κ1) is 13.1. The van der Waals surface area contributed by atoms with Crippen LogP contribution in [-0.4, -0.2) is 17.1 Å². The summed E-state index contributed by atoms with van der Waals surface area (Å²) >= 11 is 0. The Hall–Kier alpha value is -2.31. The highest BCUT2D eigenvalue weighted by Gasteiger charge is 2.32. The van der Waals surface area contributed by atoms with Crippen LogP contribution in [0.15, 0.2) is 30.6 Å². The number of anilines is 1. The molecule has 1 aromatic heterocycles. The highest BCUT2D eigenvalue weighted by atomic mass is 19.4. The first-order valence-electron chi connectivity index (χ1n) is 5.25. The molecule has 4 nitrogen and oxygen atoms in total. The van der Waals surface area contributed by atoms with Crippen molar-refractivity contribution in [2.24, 2.45) is 0 Å². The largest absolute Gasteiger partial charge is 0.467 e. The average molecular weight is 269 g/mol. The highest BCUT2D eigenvalue weighted by Crippen LogP contribution is 2.35. The zero-order valence-corrected chi connectivity index (χ0v) is 9.90. The van der Waals surface area contributed by atoms with Crippen LogP contribution in [0.5, 0.6) is 6.01 Å². The fraction of sp³-hybridized carbons (Fsp3) is 0.167. The maximum Gasteiger partial charge on any atom is 0.418 e. The van der Waals surface area contributed by atoms with E-state index in [1.54, 1.807) is 0 Å². The summed E-state index contributed by atoms with van der Waals surface area (Å²) < 4.78 is 42.5. The van der Waals surface area contributed by atoms with Crippen molar-refractivity contribution in [2.75, 3.05) is 12.8 Å². The van der Waals surface area contributed by atoms with Crippen molar-refractivity contribution in [2.45, 2.75) is 6.18 Å². The molecule has 2 rings (SSSR count). The number of nitrogens with zero attached hydrogens (tertiary/aromatic N) is 2. The monoisotopic (exact) mass is 269 g/mol. The topological polar surface area (TPSA) is 61.0 Å². The van der Waals surface area contributed by atoms with E-state index in [-0.39, 0.29) is 11.7 Å². The molecule has 2 aromatic rings. The fourth-order valence-corrected chi connectivity index (χ4v) is 1.57. The number of hydrogen-bond acceptors (Lipinski definition) is 4. The summed E-state index contributed by atoms with van der Waals surface area (Å²) in [5.74, 6) is 0. The summed E-state index contributed by atoms with van der Waals surface area (Å²) in [7, 11) is 1.42. The Kier molecular flexibility index (Phi) is 3.28. The number of hydrogen-bond donors (Lipinski definition) is 1. The van der Waals surface area contributed by atoms with E-state index in [1.807, 2.05) is 0 Å². The molecule has 0 saturated carbocycles. The molecule has 0 radical (unpaired) electrons. The Balaban J connectivity index is 2.38. The quantitative estimate of drug-likeness (QED) is 0.851. The number of halogens is 3. The van der Waals surface area contributed by atoms with Crippen molar-refractivity contribution in [1.82, 2.24) is 9.97 Å². The third kappa shape index (κ3) is 2.75. The maximum atomic E-state index is 12.6. The molecule has 100 valence electrons. The Morgan fingerprint density at radius 1 is 1.11 bits per heavy atom. The van der Waals surface area contributed by atoms with Crippen molar-refractivity contribution < 1.29 is 17.9 Å². The van der Waals surface area contributed by atoms with E-state index in [0.29, 0.717) is 11.1 Å². The number of benzene rings is 1. The number of nitrogen functional groups attached to an aromatic ring is 1. The molecule has 0 aliphatic carbocycles. The van der Waals surface area contributed by atoms with E-state index in [2.05, 4.69) is 9.97 Å². The van der Waals surface area contributed by atoms with Gasteiger partial charge in [0.25, 0.3) is 0 Å². The number of alkyl halides is 3. The summed E-state index contributed by atoms with van der Waals surface area (Å²) in [6.45, 7) is 0. The Morgan fingerprint density at radius 3 is 2.21 bits per heavy atom. The van der Waals surface area contributed by atoms with Gasteiger partial charge in [-0.3, -0.25) is 0 Å². The third-order valence-corrected chi connectivity index (χ3v) is 2.50. The van der Waals surface area contributed by atoms with E-state index in [4.69, 9.17) is 10.5 Å². The number of nitrogens with two attached hydrogens (primary N) is 1. The Labute approximate surface area is 107 Å². The van der Waals surface area contributed by atoms with Crippen molar-refractivity contribution in [3.05, 3.63) is 36.2 Å².